The van der Waals surface area contributed by atoms with Crippen LogP contribution in [0.15, 0.2) is 144 Å². The Labute approximate surface area is 266 Å². The van der Waals surface area contributed by atoms with Gasteiger partial charge in [-0.25, -0.2) is 15.0 Å². The Bertz CT molecular complexity index is 3090. The fourth-order valence-corrected chi connectivity index (χ4v) is 7.47. The molecule has 218 valence electrons. The van der Waals surface area contributed by atoms with Crippen LogP contribution in [0.3, 0.4) is 0 Å². The van der Waals surface area contributed by atoms with E-state index in [1.165, 1.54) is 10.8 Å². The minimum Gasteiger partial charge on any atom is -0.456 e. The molecule has 0 radical (unpaired) electrons. The van der Waals surface area contributed by atoms with Crippen LogP contribution in [-0.2, 0) is 0 Å². The number of aromatic nitrogens is 5. The molecule has 0 aliphatic carbocycles. The van der Waals surface area contributed by atoms with Crippen LogP contribution in [-0.4, -0.2) is 23.9 Å². The van der Waals surface area contributed by atoms with Crippen molar-refractivity contribution in [2.75, 3.05) is 0 Å². The molecule has 47 heavy (non-hydrogen) atoms. The molecular formula is C41H23N5O. The number of fused-ring (bicyclic) bond motifs is 14. The van der Waals surface area contributed by atoms with Crippen molar-refractivity contribution in [3.8, 4) is 17.2 Å². The average Bonchev–Trinajstić information content (AvgIpc) is 3.80. The second-order valence-electron chi connectivity index (χ2n) is 12.1. The molecule has 11 aromatic rings. The van der Waals surface area contributed by atoms with Gasteiger partial charge in [0.05, 0.1) is 22.2 Å². The summed E-state index contributed by atoms with van der Waals surface area (Å²) >= 11 is 0. The first kappa shape index (κ1) is 24.8. The van der Waals surface area contributed by atoms with E-state index < -0.39 is 0 Å². The van der Waals surface area contributed by atoms with Crippen molar-refractivity contribution in [2.45, 2.75) is 0 Å². The molecule has 0 fully saturated rings. The number of hydrogen-bond acceptors (Lipinski definition) is 4. The molecule has 0 unspecified atom stereocenters. The van der Waals surface area contributed by atoms with E-state index in [4.69, 9.17) is 19.4 Å². The zero-order chi connectivity index (χ0) is 30.6. The van der Waals surface area contributed by atoms with Crippen LogP contribution < -0.4 is 0 Å². The quantitative estimate of drug-likeness (QED) is 0.185. The number of benzene rings is 6. The fourth-order valence-electron chi connectivity index (χ4n) is 7.47. The molecule has 6 heteroatoms. The molecule has 11 rings (SSSR count). The standard InChI is InChI=1S/C41H23N5O/c1-2-14-28-25(11-1)26-12-4-8-18-33(26)45-38-30-16-5-9-19-34(30)46(40(38)44-39(28)45)41-42-32-17-7-3-15-29(32)37(43-41)24-21-22-36-31(23-24)27-13-6-10-20-35(27)47-36/h1-23H. The van der Waals surface area contributed by atoms with E-state index in [1.54, 1.807) is 0 Å². The number of nitrogens with zero attached hydrogens (tertiary/aromatic N) is 5. The summed E-state index contributed by atoms with van der Waals surface area (Å²) in [6.45, 7) is 0. The van der Waals surface area contributed by atoms with Gasteiger partial charge in [0.15, 0.2) is 5.65 Å². The van der Waals surface area contributed by atoms with Crippen LogP contribution in [0.1, 0.15) is 0 Å². The van der Waals surface area contributed by atoms with E-state index in [2.05, 4.69) is 112 Å². The van der Waals surface area contributed by atoms with Gasteiger partial charge in [0.25, 0.3) is 0 Å². The maximum Gasteiger partial charge on any atom is 0.237 e. The number of para-hydroxylation sites is 4. The average molecular weight is 602 g/mol. The van der Waals surface area contributed by atoms with Crippen LogP contribution in [0.25, 0.3) is 99.4 Å². The van der Waals surface area contributed by atoms with E-state index in [9.17, 15) is 0 Å². The monoisotopic (exact) mass is 601 g/mol. The van der Waals surface area contributed by atoms with Crippen LogP contribution >= 0.6 is 0 Å². The largest absolute Gasteiger partial charge is 0.456 e. The van der Waals surface area contributed by atoms with Gasteiger partial charge < -0.3 is 4.42 Å². The topological polar surface area (TPSA) is 61.2 Å². The van der Waals surface area contributed by atoms with Gasteiger partial charge in [-0.2, -0.15) is 0 Å². The van der Waals surface area contributed by atoms with Crippen molar-refractivity contribution in [1.82, 2.24) is 23.9 Å². The Morgan fingerprint density at radius 3 is 1.98 bits per heavy atom. The summed E-state index contributed by atoms with van der Waals surface area (Å²) in [7, 11) is 0. The predicted molar refractivity (Wildman–Crippen MR) is 190 cm³/mol. The molecule has 5 aromatic heterocycles. The van der Waals surface area contributed by atoms with E-state index in [1.807, 2.05) is 36.4 Å². The van der Waals surface area contributed by atoms with E-state index in [0.717, 1.165) is 82.7 Å². The molecular weight excluding hydrogens is 578 g/mol. The lowest BCUT2D eigenvalue weighted by molar-refractivity contribution is 0.669. The molecule has 0 amide bonds. The summed E-state index contributed by atoms with van der Waals surface area (Å²) in [6.07, 6.45) is 0. The lowest BCUT2D eigenvalue weighted by atomic mass is 10.0. The molecule has 0 bridgehead atoms. The van der Waals surface area contributed by atoms with E-state index in [0.29, 0.717) is 5.95 Å². The van der Waals surface area contributed by atoms with Crippen molar-refractivity contribution in [1.29, 1.82) is 0 Å². The molecule has 0 saturated heterocycles. The van der Waals surface area contributed by atoms with Gasteiger partial charge in [-0.3, -0.25) is 8.97 Å². The first-order valence-corrected chi connectivity index (χ1v) is 15.7. The summed E-state index contributed by atoms with van der Waals surface area (Å²) in [5.74, 6) is 0.582. The Morgan fingerprint density at radius 2 is 1.11 bits per heavy atom. The zero-order valence-corrected chi connectivity index (χ0v) is 24.9. The summed E-state index contributed by atoms with van der Waals surface area (Å²) in [4.78, 5) is 15.9. The number of rotatable bonds is 2. The van der Waals surface area contributed by atoms with Crippen molar-refractivity contribution in [3.05, 3.63) is 140 Å². The Balaban J connectivity index is 1.27. The second kappa shape index (κ2) is 9.02. The molecule has 0 saturated carbocycles. The predicted octanol–water partition coefficient (Wildman–Crippen LogP) is 10.2. The van der Waals surface area contributed by atoms with Crippen LogP contribution in [0, 0.1) is 0 Å². The van der Waals surface area contributed by atoms with Gasteiger partial charge in [0, 0.05) is 37.9 Å². The van der Waals surface area contributed by atoms with E-state index in [-0.39, 0.29) is 0 Å². The third-order valence-electron chi connectivity index (χ3n) is 9.52. The highest BCUT2D eigenvalue weighted by molar-refractivity contribution is 6.17. The molecule has 6 aromatic carbocycles. The fraction of sp³-hybridized carbons (Fsp3) is 0. The lowest BCUT2D eigenvalue weighted by Crippen LogP contribution is -2.03. The second-order valence-corrected chi connectivity index (χ2v) is 12.1. The SMILES string of the molecule is c1ccc2c(-c3ccc4oc5ccccc5c4c3)nc(-n3c4ccccc4c4c3nc3c5ccccc5c5ccccc5n34)nc2c1. The minimum absolute atomic E-state index is 0.582. The molecule has 0 spiro atoms. The Hall–Kier alpha value is -6.53. The maximum atomic E-state index is 6.15. The van der Waals surface area contributed by atoms with Gasteiger partial charge in [-0.15, -0.1) is 0 Å². The summed E-state index contributed by atoms with van der Waals surface area (Å²) in [6, 6.07) is 48.3. The van der Waals surface area contributed by atoms with Crippen LogP contribution in [0.5, 0.6) is 0 Å². The zero-order valence-electron chi connectivity index (χ0n) is 24.9. The van der Waals surface area contributed by atoms with Crippen molar-refractivity contribution >= 4 is 82.2 Å². The highest BCUT2D eigenvalue weighted by atomic mass is 16.3. The molecule has 6 nitrogen and oxygen atoms in total. The van der Waals surface area contributed by atoms with Crippen LogP contribution in [0.2, 0.25) is 0 Å². The first-order valence-electron chi connectivity index (χ1n) is 15.7. The Kier molecular flexibility index (Phi) is 4.75. The van der Waals surface area contributed by atoms with E-state index >= 15 is 0 Å². The van der Waals surface area contributed by atoms with Gasteiger partial charge in [0.2, 0.25) is 5.95 Å². The number of pyridine rings is 1. The van der Waals surface area contributed by atoms with Crippen molar-refractivity contribution in [3.63, 3.8) is 0 Å². The third kappa shape index (κ3) is 3.31. The lowest BCUT2D eigenvalue weighted by Gasteiger charge is -2.11. The number of furan rings is 1. The molecule has 0 aliphatic rings. The van der Waals surface area contributed by atoms with Gasteiger partial charge in [0.1, 0.15) is 22.3 Å². The van der Waals surface area contributed by atoms with Gasteiger partial charge in [-0.1, -0.05) is 97.1 Å². The maximum absolute atomic E-state index is 6.15. The smallest absolute Gasteiger partial charge is 0.237 e. The number of hydrogen-bond donors (Lipinski definition) is 0. The first-order chi connectivity index (χ1) is 23.3. The summed E-state index contributed by atoms with van der Waals surface area (Å²) in [5, 5.41) is 7.73. The highest BCUT2D eigenvalue weighted by Crippen LogP contribution is 2.39. The molecule has 0 N–H and O–H groups in total. The number of imidazole rings is 1. The van der Waals surface area contributed by atoms with Crippen LogP contribution in [0.4, 0.5) is 0 Å². The molecule has 5 heterocycles. The summed E-state index contributed by atoms with van der Waals surface area (Å²) < 4.78 is 10.6. The Morgan fingerprint density at radius 1 is 0.447 bits per heavy atom. The van der Waals surface area contributed by atoms with Gasteiger partial charge >= 0.3 is 0 Å². The normalized spacial score (nSPS) is 12.3. The van der Waals surface area contributed by atoms with Gasteiger partial charge in [-0.05, 0) is 47.9 Å². The minimum atomic E-state index is 0.582. The molecule has 0 atom stereocenters. The van der Waals surface area contributed by atoms with Crippen molar-refractivity contribution < 1.29 is 4.42 Å². The third-order valence-corrected chi connectivity index (χ3v) is 9.52. The molecule has 0 aliphatic heterocycles. The summed E-state index contributed by atoms with van der Waals surface area (Å²) in [5.41, 5.74) is 9.38. The highest BCUT2D eigenvalue weighted by Gasteiger charge is 2.23. The van der Waals surface area contributed by atoms with Crippen molar-refractivity contribution in [2.24, 2.45) is 0 Å².